The smallest absolute Gasteiger partial charge is 0.165 e. The quantitative estimate of drug-likeness (QED) is 0.729. The molecule has 0 bridgehead atoms. The zero-order valence-corrected chi connectivity index (χ0v) is 8.24. The van der Waals surface area contributed by atoms with E-state index >= 15 is 0 Å². The van der Waals surface area contributed by atoms with Gasteiger partial charge in [-0.15, -0.1) is 0 Å². The molecule has 0 spiro atoms. The predicted octanol–water partition coefficient (Wildman–Crippen LogP) is 2.96. The van der Waals surface area contributed by atoms with Gasteiger partial charge in [0.2, 0.25) is 0 Å². The molecule has 0 aliphatic rings. The summed E-state index contributed by atoms with van der Waals surface area (Å²) in [5.74, 6) is -1.16. The van der Waals surface area contributed by atoms with Crippen molar-refractivity contribution in [3.63, 3.8) is 0 Å². The molecule has 0 saturated heterocycles. The normalized spacial score (nSPS) is 12.7. The van der Waals surface area contributed by atoms with E-state index in [1.807, 2.05) is 0 Å². The number of ether oxygens (including phenoxy) is 1. The summed E-state index contributed by atoms with van der Waals surface area (Å²) in [6, 6.07) is 2.13. The minimum absolute atomic E-state index is 0.0877. The zero-order chi connectivity index (χ0) is 10.0. The first-order chi connectivity index (χ1) is 6.06. The highest BCUT2D eigenvalue weighted by molar-refractivity contribution is 7.80. The van der Waals surface area contributed by atoms with Crippen LogP contribution in [0.1, 0.15) is 17.7 Å². The van der Waals surface area contributed by atoms with E-state index in [0.717, 1.165) is 12.1 Å². The summed E-state index contributed by atoms with van der Waals surface area (Å²) in [7, 11) is 1.29. The molecule has 0 aliphatic carbocycles. The third-order valence-corrected chi connectivity index (χ3v) is 2.00. The second-order valence-electron chi connectivity index (χ2n) is 2.68. The molecule has 1 aromatic carbocycles. The fraction of sp³-hybridized carbons (Fsp3) is 0.333. The van der Waals surface area contributed by atoms with Crippen molar-refractivity contribution in [2.75, 3.05) is 7.11 Å². The van der Waals surface area contributed by atoms with Gasteiger partial charge < -0.3 is 4.74 Å². The fourth-order valence-corrected chi connectivity index (χ4v) is 1.22. The van der Waals surface area contributed by atoms with E-state index in [4.69, 9.17) is 0 Å². The van der Waals surface area contributed by atoms with Gasteiger partial charge in [-0.2, -0.15) is 12.6 Å². The van der Waals surface area contributed by atoms with E-state index in [1.54, 1.807) is 6.92 Å². The SMILES string of the molecule is COc1cc(F)c(C(C)S)cc1F. The summed E-state index contributed by atoms with van der Waals surface area (Å²) in [5.41, 5.74) is 0.238. The van der Waals surface area contributed by atoms with Crippen LogP contribution < -0.4 is 4.74 Å². The van der Waals surface area contributed by atoms with Crippen LogP contribution in [-0.2, 0) is 0 Å². The first-order valence-corrected chi connectivity index (χ1v) is 4.29. The number of benzene rings is 1. The lowest BCUT2D eigenvalue weighted by Gasteiger charge is -2.08. The van der Waals surface area contributed by atoms with Crippen molar-refractivity contribution in [3.05, 3.63) is 29.3 Å². The maximum absolute atomic E-state index is 13.2. The molecule has 1 unspecified atom stereocenters. The van der Waals surface area contributed by atoms with Gasteiger partial charge in [-0.3, -0.25) is 0 Å². The molecule has 72 valence electrons. The Labute approximate surface area is 81.1 Å². The number of methoxy groups -OCH3 is 1. The third-order valence-electron chi connectivity index (χ3n) is 1.72. The van der Waals surface area contributed by atoms with Gasteiger partial charge in [0, 0.05) is 16.9 Å². The zero-order valence-electron chi connectivity index (χ0n) is 7.34. The Morgan fingerprint density at radius 2 is 1.92 bits per heavy atom. The standard InChI is InChI=1S/C9H10F2OS/c1-5(13)6-3-8(11)9(12-2)4-7(6)10/h3-5,13H,1-2H3. The Morgan fingerprint density at radius 1 is 1.31 bits per heavy atom. The highest BCUT2D eigenvalue weighted by atomic mass is 32.1. The molecule has 0 aromatic heterocycles. The van der Waals surface area contributed by atoms with Crippen molar-refractivity contribution in [2.24, 2.45) is 0 Å². The van der Waals surface area contributed by atoms with Crippen LogP contribution >= 0.6 is 12.6 Å². The molecular formula is C9H10F2OS. The van der Waals surface area contributed by atoms with Gasteiger partial charge in [0.25, 0.3) is 0 Å². The molecule has 0 N–H and O–H groups in total. The Kier molecular flexibility index (Phi) is 3.14. The van der Waals surface area contributed by atoms with Crippen LogP contribution in [0, 0.1) is 11.6 Å². The molecule has 1 aromatic rings. The van der Waals surface area contributed by atoms with Gasteiger partial charge >= 0.3 is 0 Å². The minimum Gasteiger partial charge on any atom is -0.494 e. The minimum atomic E-state index is -0.570. The Hall–Kier alpha value is -0.770. The van der Waals surface area contributed by atoms with Crippen molar-refractivity contribution in [2.45, 2.75) is 12.2 Å². The maximum atomic E-state index is 13.2. The van der Waals surface area contributed by atoms with Crippen LogP contribution in [0.25, 0.3) is 0 Å². The fourth-order valence-electron chi connectivity index (χ4n) is 1.02. The van der Waals surface area contributed by atoms with E-state index in [0.29, 0.717) is 0 Å². The molecule has 1 rings (SSSR count). The van der Waals surface area contributed by atoms with Crippen LogP contribution in [0.15, 0.2) is 12.1 Å². The Bertz CT molecular complexity index is 313. The summed E-state index contributed by atoms with van der Waals surface area (Å²) < 4.78 is 30.9. The van der Waals surface area contributed by atoms with Crippen molar-refractivity contribution in [1.82, 2.24) is 0 Å². The Morgan fingerprint density at radius 3 is 2.38 bits per heavy atom. The van der Waals surface area contributed by atoms with Gasteiger partial charge in [0.05, 0.1) is 7.11 Å². The van der Waals surface area contributed by atoms with Crippen molar-refractivity contribution < 1.29 is 13.5 Å². The average molecular weight is 204 g/mol. The molecule has 4 heteroatoms. The van der Waals surface area contributed by atoms with Gasteiger partial charge in [-0.05, 0) is 13.0 Å². The van der Waals surface area contributed by atoms with Crippen LogP contribution in [0.5, 0.6) is 5.75 Å². The third kappa shape index (κ3) is 2.12. The second kappa shape index (κ2) is 3.96. The molecule has 0 saturated carbocycles. The van der Waals surface area contributed by atoms with Crippen molar-refractivity contribution in [1.29, 1.82) is 0 Å². The van der Waals surface area contributed by atoms with Crippen molar-refractivity contribution >= 4 is 12.6 Å². The van der Waals surface area contributed by atoms with E-state index in [-0.39, 0.29) is 16.6 Å². The van der Waals surface area contributed by atoms with Gasteiger partial charge in [0.15, 0.2) is 11.6 Å². The topological polar surface area (TPSA) is 9.23 Å². The molecule has 0 aliphatic heterocycles. The molecule has 0 amide bonds. The number of rotatable bonds is 2. The number of hydrogen-bond acceptors (Lipinski definition) is 2. The van der Waals surface area contributed by atoms with Crippen molar-refractivity contribution in [3.8, 4) is 5.75 Å². The van der Waals surface area contributed by atoms with E-state index in [9.17, 15) is 8.78 Å². The Balaban J connectivity index is 3.20. The lowest BCUT2D eigenvalue weighted by molar-refractivity contribution is 0.382. The lowest BCUT2D eigenvalue weighted by atomic mass is 10.1. The summed E-state index contributed by atoms with van der Waals surface area (Å²) in [5, 5.41) is -0.333. The van der Waals surface area contributed by atoms with E-state index < -0.39 is 11.6 Å². The molecule has 0 heterocycles. The van der Waals surface area contributed by atoms with Crippen LogP contribution in [-0.4, -0.2) is 7.11 Å². The first-order valence-electron chi connectivity index (χ1n) is 3.77. The summed E-state index contributed by atoms with van der Waals surface area (Å²) in [4.78, 5) is 0. The summed E-state index contributed by atoms with van der Waals surface area (Å²) >= 11 is 4.02. The van der Waals surface area contributed by atoms with Gasteiger partial charge in [-0.25, -0.2) is 8.78 Å². The number of hydrogen-bond donors (Lipinski definition) is 1. The number of halogens is 2. The molecule has 0 radical (unpaired) electrons. The van der Waals surface area contributed by atoms with Crippen LogP contribution in [0.2, 0.25) is 0 Å². The monoisotopic (exact) mass is 204 g/mol. The van der Waals surface area contributed by atoms with E-state index in [2.05, 4.69) is 17.4 Å². The van der Waals surface area contributed by atoms with Crippen LogP contribution in [0.3, 0.4) is 0 Å². The molecule has 1 nitrogen and oxygen atoms in total. The van der Waals surface area contributed by atoms with Gasteiger partial charge in [0.1, 0.15) is 5.82 Å². The highest BCUT2D eigenvalue weighted by Crippen LogP contribution is 2.27. The number of thiol groups is 1. The second-order valence-corrected chi connectivity index (χ2v) is 3.46. The predicted molar refractivity (Wildman–Crippen MR) is 50.3 cm³/mol. The maximum Gasteiger partial charge on any atom is 0.165 e. The molecule has 0 fully saturated rings. The lowest BCUT2D eigenvalue weighted by Crippen LogP contribution is -1.96. The molecule has 1 atom stereocenters. The van der Waals surface area contributed by atoms with Gasteiger partial charge in [-0.1, -0.05) is 0 Å². The molecule has 13 heavy (non-hydrogen) atoms. The largest absolute Gasteiger partial charge is 0.494 e. The van der Waals surface area contributed by atoms with E-state index in [1.165, 1.54) is 7.11 Å². The summed E-state index contributed by atoms with van der Waals surface area (Å²) in [6.07, 6.45) is 0. The molecular weight excluding hydrogens is 194 g/mol. The first kappa shape index (κ1) is 10.3. The van der Waals surface area contributed by atoms with Crippen LogP contribution in [0.4, 0.5) is 8.78 Å². The highest BCUT2D eigenvalue weighted by Gasteiger charge is 2.12. The summed E-state index contributed by atoms with van der Waals surface area (Å²) in [6.45, 7) is 1.67. The average Bonchev–Trinajstić information content (AvgIpc) is 2.07.